The monoisotopic (exact) mass is 428 g/mol. The number of hydrogen-bond donors (Lipinski definition) is 0. The highest BCUT2D eigenvalue weighted by Crippen LogP contribution is 2.24. The lowest BCUT2D eigenvalue weighted by molar-refractivity contribution is -0.127. The van der Waals surface area contributed by atoms with E-state index in [2.05, 4.69) is 0 Å². The summed E-state index contributed by atoms with van der Waals surface area (Å²) < 4.78 is 79.5. The molecule has 0 saturated carbocycles. The molecule has 0 aromatic heterocycles. The number of nitrogens with zero attached hydrogens (tertiary/aromatic N) is 2. The van der Waals surface area contributed by atoms with Crippen LogP contribution in [-0.2, 0) is 14.8 Å². The molecule has 3 rings (SSSR count). The van der Waals surface area contributed by atoms with Crippen LogP contribution in [0.25, 0.3) is 6.08 Å². The Morgan fingerprint density at radius 2 is 1.62 bits per heavy atom. The van der Waals surface area contributed by atoms with Crippen LogP contribution >= 0.6 is 0 Å². The van der Waals surface area contributed by atoms with E-state index in [9.17, 15) is 30.8 Å². The molecule has 1 amide bonds. The van der Waals surface area contributed by atoms with Crippen molar-refractivity contribution in [2.45, 2.75) is 4.90 Å². The Labute approximate surface area is 164 Å². The lowest BCUT2D eigenvalue weighted by Crippen LogP contribution is -2.50. The van der Waals surface area contributed by atoms with E-state index in [4.69, 9.17) is 0 Å². The summed E-state index contributed by atoms with van der Waals surface area (Å²) in [5.74, 6) is -5.96. The number of sulfonamides is 1. The van der Waals surface area contributed by atoms with Crippen LogP contribution in [0.15, 0.2) is 47.4 Å². The van der Waals surface area contributed by atoms with E-state index in [0.717, 1.165) is 4.31 Å². The Morgan fingerprint density at radius 3 is 2.28 bits per heavy atom. The predicted molar refractivity (Wildman–Crippen MR) is 97.1 cm³/mol. The zero-order chi connectivity index (χ0) is 21.2. The molecule has 0 N–H and O–H groups in total. The molecule has 0 radical (unpaired) electrons. The molecular weight excluding hydrogens is 412 g/mol. The van der Waals surface area contributed by atoms with Crippen LogP contribution in [0.3, 0.4) is 0 Å². The van der Waals surface area contributed by atoms with E-state index in [0.29, 0.717) is 17.7 Å². The Morgan fingerprint density at radius 1 is 0.931 bits per heavy atom. The first-order chi connectivity index (χ1) is 13.7. The third-order valence-electron chi connectivity index (χ3n) is 4.43. The Balaban J connectivity index is 1.67. The van der Waals surface area contributed by atoms with Crippen LogP contribution in [0.1, 0.15) is 5.56 Å². The topological polar surface area (TPSA) is 57.7 Å². The third-order valence-corrected chi connectivity index (χ3v) is 6.35. The fourth-order valence-corrected chi connectivity index (χ4v) is 4.36. The maximum atomic E-state index is 13.9. The largest absolute Gasteiger partial charge is 0.337 e. The van der Waals surface area contributed by atoms with Crippen molar-refractivity contribution in [3.63, 3.8) is 0 Å². The van der Waals surface area contributed by atoms with E-state index in [1.54, 1.807) is 6.07 Å². The van der Waals surface area contributed by atoms with E-state index in [-0.39, 0.29) is 26.2 Å². The number of amides is 1. The summed E-state index contributed by atoms with van der Waals surface area (Å²) in [5.41, 5.74) is 0.494. The zero-order valence-electron chi connectivity index (χ0n) is 15.0. The first-order valence-corrected chi connectivity index (χ1v) is 10.0. The summed E-state index contributed by atoms with van der Waals surface area (Å²) in [6.45, 7) is -0.228. The van der Waals surface area contributed by atoms with Crippen LogP contribution in [-0.4, -0.2) is 49.7 Å². The van der Waals surface area contributed by atoms with Crippen molar-refractivity contribution in [2.75, 3.05) is 26.2 Å². The number of benzene rings is 2. The first-order valence-electron chi connectivity index (χ1n) is 8.56. The minimum atomic E-state index is -4.39. The molecular formula is C19H16F4N2O3S. The smallest absolute Gasteiger partial charge is 0.246 e. The number of rotatable bonds is 4. The van der Waals surface area contributed by atoms with E-state index < -0.39 is 44.1 Å². The molecule has 2 aromatic carbocycles. The molecule has 29 heavy (non-hydrogen) atoms. The lowest BCUT2D eigenvalue weighted by atomic mass is 10.2. The van der Waals surface area contributed by atoms with Gasteiger partial charge in [-0.05, 0) is 35.9 Å². The van der Waals surface area contributed by atoms with Crippen molar-refractivity contribution in [1.82, 2.24) is 9.21 Å². The van der Waals surface area contributed by atoms with Gasteiger partial charge >= 0.3 is 0 Å². The molecule has 0 unspecified atom stereocenters. The molecule has 0 spiro atoms. The fraction of sp³-hybridized carbons (Fsp3) is 0.211. The van der Waals surface area contributed by atoms with Gasteiger partial charge in [-0.3, -0.25) is 4.79 Å². The van der Waals surface area contributed by atoms with E-state index in [1.807, 2.05) is 0 Å². The highest BCUT2D eigenvalue weighted by atomic mass is 32.2. The molecule has 1 saturated heterocycles. The molecule has 0 bridgehead atoms. The summed E-state index contributed by atoms with van der Waals surface area (Å²) in [5, 5.41) is 0. The lowest BCUT2D eigenvalue weighted by Gasteiger charge is -2.33. The summed E-state index contributed by atoms with van der Waals surface area (Å²) in [6, 6.07) is 6.86. The normalized spacial score (nSPS) is 15.8. The second-order valence-electron chi connectivity index (χ2n) is 6.29. The number of carbonyl (C=O) groups excluding carboxylic acids is 1. The van der Waals surface area contributed by atoms with Gasteiger partial charge in [0.05, 0.1) is 0 Å². The predicted octanol–water partition coefficient (Wildman–Crippen LogP) is 2.79. The standard InChI is InChI=1S/C19H16F4N2O3S/c20-14-3-1-2-13(12-14)4-7-17(26)24-8-10-25(11-9-24)29(27,28)16-6-5-15(21)18(22)19(16)23/h1-7,12H,8-11H2/b7-4+. The molecule has 5 nitrogen and oxygen atoms in total. The Kier molecular flexibility index (Phi) is 6.04. The molecule has 0 aliphatic carbocycles. The summed E-state index contributed by atoms with van der Waals surface area (Å²) in [6.07, 6.45) is 2.68. The van der Waals surface area contributed by atoms with Gasteiger partial charge in [-0.2, -0.15) is 4.31 Å². The molecule has 1 aliphatic heterocycles. The van der Waals surface area contributed by atoms with Gasteiger partial charge < -0.3 is 4.90 Å². The average molecular weight is 428 g/mol. The third kappa shape index (κ3) is 4.48. The van der Waals surface area contributed by atoms with Gasteiger partial charge in [0.15, 0.2) is 17.5 Å². The molecule has 10 heteroatoms. The number of hydrogen-bond acceptors (Lipinski definition) is 3. The summed E-state index contributed by atoms with van der Waals surface area (Å²) in [7, 11) is -4.39. The van der Waals surface area contributed by atoms with Gasteiger partial charge in [0.1, 0.15) is 10.7 Å². The highest BCUT2D eigenvalue weighted by molar-refractivity contribution is 7.89. The molecule has 1 heterocycles. The van der Waals surface area contributed by atoms with Crippen molar-refractivity contribution in [1.29, 1.82) is 0 Å². The van der Waals surface area contributed by atoms with Crippen molar-refractivity contribution >= 4 is 22.0 Å². The van der Waals surface area contributed by atoms with Crippen LogP contribution < -0.4 is 0 Å². The average Bonchev–Trinajstić information content (AvgIpc) is 2.70. The second kappa shape index (κ2) is 8.34. The van der Waals surface area contributed by atoms with Gasteiger partial charge in [-0.1, -0.05) is 12.1 Å². The quantitative estimate of drug-likeness (QED) is 0.428. The summed E-state index contributed by atoms with van der Waals surface area (Å²) >= 11 is 0. The van der Waals surface area contributed by atoms with E-state index in [1.165, 1.54) is 35.3 Å². The second-order valence-corrected chi connectivity index (χ2v) is 8.20. The molecule has 2 aromatic rings. The van der Waals surface area contributed by atoms with Crippen LogP contribution in [0, 0.1) is 23.3 Å². The summed E-state index contributed by atoms with van der Waals surface area (Å²) in [4.78, 5) is 12.7. The number of piperazine rings is 1. The Bertz CT molecular complexity index is 1070. The van der Waals surface area contributed by atoms with Gasteiger partial charge in [0.25, 0.3) is 0 Å². The SMILES string of the molecule is O=C(/C=C/c1cccc(F)c1)N1CCN(S(=O)(=O)c2ccc(F)c(F)c2F)CC1. The number of halogens is 4. The maximum absolute atomic E-state index is 13.9. The van der Waals surface area contributed by atoms with Gasteiger partial charge in [0, 0.05) is 32.3 Å². The van der Waals surface area contributed by atoms with Gasteiger partial charge in [-0.15, -0.1) is 0 Å². The first kappa shape index (κ1) is 21.0. The van der Waals surface area contributed by atoms with Crippen LogP contribution in [0.4, 0.5) is 17.6 Å². The molecule has 1 fully saturated rings. The Hall–Kier alpha value is -2.72. The fourth-order valence-electron chi connectivity index (χ4n) is 2.88. The van der Waals surface area contributed by atoms with Crippen molar-refractivity contribution in [2.24, 2.45) is 0 Å². The zero-order valence-corrected chi connectivity index (χ0v) is 15.8. The van der Waals surface area contributed by atoms with Crippen molar-refractivity contribution in [3.05, 3.63) is 71.3 Å². The minimum Gasteiger partial charge on any atom is -0.337 e. The van der Waals surface area contributed by atoms with Gasteiger partial charge in [-0.25, -0.2) is 26.0 Å². The molecule has 0 atom stereocenters. The van der Waals surface area contributed by atoms with Crippen LogP contribution in [0.5, 0.6) is 0 Å². The number of carbonyl (C=O) groups is 1. The molecule has 154 valence electrons. The molecule has 1 aliphatic rings. The van der Waals surface area contributed by atoms with Crippen molar-refractivity contribution in [3.8, 4) is 0 Å². The van der Waals surface area contributed by atoms with Crippen LogP contribution in [0.2, 0.25) is 0 Å². The minimum absolute atomic E-state index is 0.0247. The highest BCUT2D eigenvalue weighted by Gasteiger charge is 2.33. The van der Waals surface area contributed by atoms with Gasteiger partial charge in [0.2, 0.25) is 15.9 Å². The van der Waals surface area contributed by atoms with E-state index >= 15 is 0 Å². The maximum Gasteiger partial charge on any atom is 0.246 e. The van der Waals surface area contributed by atoms with Crippen molar-refractivity contribution < 1.29 is 30.8 Å².